The Balaban J connectivity index is 3.19. The highest BCUT2D eigenvalue weighted by Gasteiger charge is 2.37. The minimum absolute atomic E-state index is 0.185. The number of aliphatic hydroxyl groups is 1. The molecule has 0 saturated carbocycles. The van der Waals surface area contributed by atoms with E-state index in [0.717, 1.165) is 45.3 Å². The molecule has 0 aromatic heterocycles. The van der Waals surface area contributed by atoms with Crippen molar-refractivity contribution in [3.05, 3.63) is 0 Å². The normalized spacial score (nSPS) is 13.9. The monoisotopic (exact) mass is 256 g/mol. The minimum Gasteiger partial charge on any atom is -0.384 e. The summed E-state index contributed by atoms with van der Waals surface area (Å²) in [6.07, 6.45) is -1.79. The first-order valence-corrected chi connectivity index (χ1v) is 6.31. The average Bonchev–Trinajstić information content (AvgIpc) is 2.25. The van der Waals surface area contributed by atoms with Crippen LogP contribution in [-0.2, 0) is 4.74 Å². The molecule has 1 N–H and O–H groups in total. The van der Waals surface area contributed by atoms with Crippen LogP contribution in [0.1, 0.15) is 51.9 Å². The predicted molar refractivity (Wildman–Crippen MR) is 60.9 cm³/mol. The van der Waals surface area contributed by atoms with Gasteiger partial charge in [0.1, 0.15) is 6.10 Å². The maximum absolute atomic E-state index is 11.9. The molecule has 1 atom stereocenters. The fraction of sp³-hybridized carbons (Fsp3) is 1.00. The summed E-state index contributed by atoms with van der Waals surface area (Å²) in [5.41, 5.74) is 0. The second-order valence-corrected chi connectivity index (χ2v) is 4.23. The Bertz CT molecular complexity index is 172. The second kappa shape index (κ2) is 9.71. The molecule has 0 aliphatic carbocycles. The van der Waals surface area contributed by atoms with Gasteiger partial charge in [0, 0.05) is 13.2 Å². The van der Waals surface area contributed by atoms with Crippen molar-refractivity contribution in [2.24, 2.45) is 0 Å². The molecule has 0 aromatic carbocycles. The van der Waals surface area contributed by atoms with Crippen LogP contribution >= 0.6 is 0 Å². The Hall–Kier alpha value is -0.290. The lowest BCUT2D eigenvalue weighted by Gasteiger charge is -2.13. The molecule has 0 aliphatic heterocycles. The molecule has 1 unspecified atom stereocenters. The molecule has 0 saturated heterocycles. The predicted octanol–water partition coefficient (Wildman–Crippen LogP) is 3.68. The third kappa shape index (κ3) is 10.6. The standard InChI is InChI=1S/C12H23F3O2/c1-2-9-17-10-7-5-3-4-6-8-11(16)12(13,14)15/h11,16H,2-10H2,1H3. The van der Waals surface area contributed by atoms with Crippen LogP contribution < -0.4 is 0 Å². The van der Waals surface area contributed by atoms with E-state index in [9.17, 15) is 13.2 Å². The largest absolute Gasteiger partial charge is 0.414 e. The van der Waals surface area contributed by atoms with Gasteiger partial charge in [0.15, 0.2) is 0 Å². The van der Waals surface area contributed by atoms with Gasteiger partial charge in [-0.15, -0.1) is 0 Å². The van der Waals surface area contributed by atoms with E-state index in [1.165, 1.54) is 0 Å². The van der Waals surface area contributed by atoms with E-state index in [4.69, 9.17) is 9.84 Å². The van der Waals surface area contributed by atoms with Crippen molar-refractivity contribution in [2.45, 2.75) is 64.1 Å². The molecule has 0 aromatic rings. The van der Waals surface area contributed by atoms with E-state index in [0.29, 0.717) is 6.42 Å². The van der Waals surface area contributed by atoms with Crippen molar-refractivity contribution in [3.8, 4) is 0 Å². The molecule has 0 bridgehead atoms. The second-order valence-electron chi connectivity index (χ2n) is 4.23. The Morgan fingerprint density at radius 3 is 2.18 bits per heavy atom. The Morgan fingerprint density at radius 1 is 1.00 bits per heavy atom. The zero-order chi connectivity index (χ0) is 13.1. The first kappa shape index (κ1) is 16.7. The maximum Gasteiger partial charge on any atom is 0.414 e. The van der Waals surface area contributed by atoms with Crippen LogP contribution in [0.5, 0.6) is 0 Å². The van der Waals surface area contributed by atoms with Gasteiger partial charge in [0.25, 0.3) is 0 Å². The van der Waals surface area contributed by atoms with Crippen LogP contribution in [0, 0.1) is 0 Å². The van der Waals surface area contributed by atoms with Gasteiger partial charge in [0.2, 0.25) is 0 Å². The van der Waals surface area contributed by atoms with Crippen molar-refractivity contribution in [1.29, 1.82) is 0 Å². The summed E-state index contributed by atoms with van der Waals surface area (Å²) in [5, 5.41) is 8.74. The summed E-state index contributed by atoms with van der Waals surface area (Å²) < 4.78 is 41.1. The number of aliphatic hydroxyl groups excluding tert-OH is 1. The summed E-state index contributed by atoms with van der Waals surface area (Å²) in [6, 6.07) is 0. The molecular weight excluding hydrogens is 233 g/mol. The van der Waals surface area contributed by atoms with Crippen LogP contribution in [-0.4, -0.2) is 30.6 Å². The van der Waals surface area contributed by atoms with E-state index in [-0.39, 0.29) is 6.42 Å². The molecule has 5 heteroatoms. The highest BCUT2D eigenvalue weighted by atomic mass is 19.4. The van der Waals surface area contributed by atoms with Gasteiger partial charge in [-0.1, -0.05) is 32.6 Å². The quantitative estimate of drug-likeness (QED) is 0.604. The van der Waals surface area contributed by atoms with E-state index in [1.54, 1.807) is 0 Å². The minimum atomic E-state index is -4.46. The van der Waals surface area contributed by atoms with Crippen LogP contribution in [0.2, 0.25) is 0 Å². The Kier molecular flexibility index (Phi) is 9.55. The van der Waals surface area contributed by atoms with Gasteiger partial charge in [-0.3, -0.25) is 0 Å². The molecule has 0 aliphatic rings. The van der Waals surface area contributed by atoms with Crippen LogP contribution in [0.3, 0.4) is 0 Å². The maximum atomic E-state index is 11.9. The molecular formula is C12H23F3O2. The molecule has 0 heterocycles. The smallest absolute Gasteiger partial charge is 0.384 e. The fourth-order valence-electron chi connectivity index (χ4n) is 1.48. The third-order valence-electron chi connectivity index (χ3n) is 2.49. The molecule has 0 amide bonds. The van der Waals surface area contributed by atoms with Crippen LogP contribution in [0.15, 0.2) is 0 Å². The van der Waals surface area contributed by atoms with E-state index in [1.807, 2.05) is 6.92 Å². The molecule has 104 valence electrons. The lowest BCUT2D eigenvalue weighted by Crippen LogP contribution is -2.28. The SMILES string of the molecule is CCCOCCCCCCCC(O)C(F)(F)F. The van der Waals surface area contributed by atoms with Crippen molar-refractivity contribution in [2.75, 3.05) is 13.2 Å². The fourth-order valence-corrected chi connectivity index (χ4v) is 1.48. The zero-order valence-corrected chi connectivity index (χ0v) is 10.4. The number of hydrogen-bond donors (Lipinski definition) is 1. The highest BCUT2D eigenvalue weighted by Crippen LogP contribution is 2.23. The number of hydrogen-bond acceptors (Lipinski definition) is 2. The van der Waals surface area contributed by atoms with Crippen LogP contribution in [0.25, 0.3) is 0 Å². The number of rotatable bonds is 10. The lowest BCUT2D eigenvalue weighted by atomic mass is 10.1. The summed E-state index contributed by atoms with van der Waals surface area (Å²) in [5.74, 6) is 0. The van der Waals surface area contributed by atoms with Crippen molar-refractivity contribution in [3.63, 3.8) is 0 Å². The Labute approximate surface area is 101 Å². The molecule has 0 rings (SSSR count). The molecule has 0 spiro atoms. The van der Waals surface area contributed by atoms with E-state index in [2.05, 4.69) is 0 Å². The van der Waals surface area contributed by atoms with Crippen molar-refractivity contribution < 1.29 is 23.0 Å². The van der Waals surface area contributed by atoms with Gasteiger partial charge in [-0.2, -0.15) is 13.2 Å². The topological polar surface area (TPSA) is 29.5 Å². The first-order chi connectivity index (χ1) is 7.98. The van der Waals surface area contributed by atoms with Gasteiger partial charge in [0.05, 0.1) is 0 Å². The lowest BCUT2D eigenvalue weighted by molar-refractivity contribution is -0.205. The Morgan fingerprint density at radius 2 is 1.59 bits per heavy atom. The van der Waals surface area contributed by atoms with E-state index < -0.39 is 12.3 Å². The number of alkyl halides is 3. The summed E-state index contributed by atoms with van der Waals surface area (Å²) in [7, 11) is 0. The van der Waals surface area contributed by atoms with Crippen LogP contribution in [0.4, 0.5) is 13.2 Å². The molecule has 0 fully saturated rings. The number of halogens is 3. The van der Waals surface area contributed by atoms with Gasteiger partial charge >= 0.3 is 6.18 Å². The third-order valence-corrected chi connectivity index (χ3v) is 2.49. The average molecular weight is 256 g/mol. The van der Waals surface area contributed by atoms with Gasteiger partial charge in [-0.25, -0.2) is 0 Å². The van der Waals surface area contributed by atoms with E-state index >= 15 is 0 Å². The summed E-state index contributed by atoms with van der Waals surface area (Å²) in [4.78, 5) is 0. The molecule has 2 nitrogen and oxygen atoms in total. The van der Waals surface area contributed by atoms with Crippen molar-refractivity contribution >= 4 is 0 Å². The van der Waals surface area contributed by atoms with Gasteiger partial charge in [-0.05, 0) is 19.3 Å². The first-order valence-electron chi connectivity index (χ1n) is 6.31. The highest BCUT2D eigenvalue weighted by molar-refractivity contribution is 4.64. The number of unbranched alkanes of at least 4 members (excludes halogenated alkanes) is 4. The molecule has 0 radical (unpaired) electrons. The summed E-state index contributed by atoms with van der Waals surface area (Å²) >= 11 is 0. The number of ether oxygens (including phenoxy) is 1. The van der Waals surface area contributed by atoms with Crippen molar-refractivity contribution in [1.82, 2.24) is 0 Å². The zero-order valence-electron chi connectivity index (χ0n) is 10.4. The molecule has 17 heavy (non-hydrogen) atoms. The summed E-state index contributed by atoms with van der Waals surface area (Å²) in [6.45, 7) is 3.56. The van der Waals surface area contributed by atoms with Gasteiger partial charge < -0.3 is 9.84 Å².